The second-order valence-corrected chi connectivity index (χ2v) is 5.63. The van der Waals surface area contributed by atoms with E-state index in [9.17, 15) is 0 Å². The molecule has 0 saturated carbocycles. The molecule has 3 atom stereocenters. The van der Waals surface area contributed by atoms with Gasteiger partial charge in [-0.05, 0) is 36.6 Å². The minimum absolute atomic E-state index is 0.532. The van der Waals surface area contributed by atoms with Crippen molar-refractivity contribution in [3.63, 3.8) is 0 Å². The third kappa shape index (κ3) is 1.39. The number of piperidine rings is 1. The van der Waals surface area contributed by atoms with Crippen molar-refractivity contribution in [1.82, 2.24) is 4.90 Å². The lowest BCUT2D eigenvalue weighted by Crippen LogP contribution is -2.26. The van der Waals surface area contributed by atoms with Gasteiger partial charge in [0.05, 0.1) is 0 Å². The second-order valence-electron chi connectivity index (χ2n) is 5.63. The Morgan fingerprint density at radius 3 is 2.50 bits per heavy atom. The minimum atomic E-state index is 0.532. The molecule has 0 spiro atoms. The van der Waals surface area contributed by atoms with Crippen LogP contribution in [0.25, 0.3) is 0 Å². The van der Waals surface area contributed by atoms with Crippen molar-refractivity contribution in [2.45, 2.75) is 33.6 Å². The summed E-state index contributed by atoms with van der Waals surface area (Å²) in [6, 6.07) is 0. The van der Waals surface area contributed by atoms with E-state index >= 15 is 0 Å². The Hall–Kier alpha value is -0.0400. The zero-order valence-electron chi connectivity index (χ0n) is 8.64. The summed E-state index contributed by atoms with van der Waals surface area (Å²) >= 11 is 0. The number of rotatable bonds is 0. The molecule has 3 unspecified atom stereocenters. The van der Waals surface area contributed by atoms with Gasteiger partial charge in [-0.1, -0.05) is 20.8 Å². The molecule has 0 aliphatic carbocycles. The molecule has 0 radical (unpaired) electrons. The molecule has 2 heterocycles. The fourth-order valence-electron chi connectivity index (χ4n) is 2.99. The largest absolute Gasteiger partial charge is 0.303 e. The average molecular weight is 167 g/mol. The van der Waals surface area contributed by atoms with Gasteiger partial charge in [-0.2, -0.15) is 0 Å². The highest BCUT2D eigenvalue weighted by Crippen LogP contribution is 2.41. The molecular formula is C11H21N. The van der Waals surface area contributed by atoms with Gasteiger partial charge in [0.2, 0.25) is 0 Å². The molecule has 2 fully saturated rings. The quantitative estimate of drug-likeness (QED) is 0.535. The standard InChI is InChI=1S/C11H21N/c1-11(2,3)10-8-12-6-4-5-9(10)7-12/h9-10H,4-8H2,1-3H3. The first kappa shape index (κ1) is 8.55. The Morgan fingerprint density at radius 2 is 1.92 bits per heavy atom. The molecule has 0 amide bonds. The fourth-order valence-corrected chi connectivity index (χ4v) is 2.99. The molecule has 2 saturated heterocycles. The summed E-state index contributed by atoms with van der Waals surface area (Å²) in [4.78, 5) is 2.66. The third-order valence-corrected chi connectivity index (χ3v) is 3.68. The highest BCUT2D eigenvalue weighted by molar-refractivity contribution is 4.92. The van der Waals surface area contributed by atoms with Crippen molar-refractivity contribution >= 4 is 0 Å². The molecule has 2 rings (SSSR count). The predicted octanol–water partition coefficient (Wildman–Crippen LogP) is 2.37. The third-order valence-electron chi connectivity index (χ3n) is 3.68. The lowest BCUT2D eigenvalue weighted by atomic mass is 9.74. The lowest BCUT2D eigenvalue weighted by Gasteiger charge is -2.31. The smallest absolute Gasteiger partial charge is 0.00179 e. The summed E-state index contributed by atoms with van der Waals surface area (Å²) in [6.45, 7) is 11.3. The summed E-state index contributed by atoms with van der Waals surface area (Å²) in [7, 11) is 0. The summed E-state index contributed by atoms with van der Waals surface area (Å²) in [6.07, 6.45) is 2.93. The number of hydrogen-bond acceptors (Lipinski definition) is 1. The van der Waals surface area contributed by atoms with E-state index < -0.39 is 0 Å². The topological polar surface area (TPSA) is 3.24 Å². The van der Waals surface area contributed by atoms with Gasteiger partial charge in [0, 0.05) is 13.1 Å². The van der Waals surface area contributed by atoms with Crippen molar-refractivity contribution in [2.75, 3.05) is 19.6 Å². The van der Waals surface area contributed by atoms with Gasteiger partial charge in [0.1, 0.15) is 0 Å². The van der Waals surface area contributed by atoms with E-state index in [0.717, 1.165) is 11.8 Å². The Labute approximate surface area is 76.1 Å². The molecule has 1 nitrogen and oxygen atoms in total. The summed E-state index contributed by atoms with van der Waals surface area (Å²) in [5.74, 6) is 1.97. The van der Waals surface area contributed by atoms with Gasteiger partial charge in [-0.15, -0.1) is 0 Å². The van der Waals surface area contributed by atoms with Crippen LogP contribution in [-0.2, 0) is 0 Å². The zero-order valence-corrected chi connectivity index (χ0v) is 8.64. The van der Waals surface area contributed by atoms with E-state index in [1.807, 2.05) is 0 Å². The van der Waals surface area contributed by atoms with E-state index in [-0.39, 0.29) is 0 Å². The zero-order chi connectivity index (χ0) is 8.77. The van der Waals surface area contributed by atoms with Crippen LogP contribution in [0, 0.1) is 17.3 Å². The van der Waals surface area contributed by atoms with Crippen LogP contribution in [0.1, 0.15) is 33.6 Å². The molecule has 12 heavy (non-hydrogen) atoms. The Morgan fingerprint density at radius 1 is 1.17 bits per heavy atom. The van der Waals surface area contributed by atoms with Crippen LogP contribution in [0.5, 0.6) is 0 Å². The van der Waals surface area contributed by atoms with E-state index in [0.29, 0.717) is 5.41 Å². The molecule has 2 aliphatic heterocycles. The van der Waals surface area contributed by atoms with Gasteiger partial charge < -0.3 is 4.90 Å². The number of fused-ring (bicyclic) bond motifs is 2. The number of nitrogens with zero attached hydrogens (tertiary/aromatic N) is 1. The first-order valence-electron chi connectivity index (χ1n) is 5.30. The summed E-state index contributed by atoms with van der Waals surface area (Å²) < 4.78 is 0. The Balaban J connectivity index is 2.09. The van der Waals surface area contributed by atoms with Gasteiger partial charge in [-0.25, -0.2) is 0 Å². The Kier molecular flexibility index (Phi) is 1.95. The molecule has 70 valence electrons. The van der Waals surface area contributed by atoms with E-state index in [1.54, 1.807) is 0 Å². The van der Waals surface area contributed by atoms with Crippen LogP contribution < -0.4 is 0 Å². The molecule has 0 aromatic heterocycles. The van der Waals surface area contributed by atoms with Crippen LogP contribution in [0.4, 0.5) is 0 Å². The van der Waals surface area contributed by atoms with Crippen molar-refractivity contribution in [3.05, 3.63) is 0 Å². The normalized spacial score (nSPS) is 41.8. The highest BCUT2D eigenvalue weighted by Gasteiger charge is 2.41. The first-order valence-corrected chi connectivity index (χ1v) is 5.30. The van der Waals surface area contributed by atoms with Crippen LogP contribution in [-0.4, -0.2) is 24.5 Å². The Bertz CT molecular complexity index is 168. The predicted molar refractivity (Wildman–Crippen MR) is 52.1 cm³/mol. The molecule has 2 bridgehead atoms. The maximum atomic E-state index is 2.66. The maximum Gasteiger partial charge on any atom is 0.00179 e. The molecule has 0 aromatic rings. The first-order chi connectivity index (χ1) is 5.57. The monoisotopic (exact) mass is 167 g/mol. The van der Waals surface area contributed by atoms with Crippen molar-refractivity contribution in [2.24, 2.45) is 17.3 Å². The highest BCUT2D eigenvalue weighted by atomic mass is 15.2. The van der Waals surface area contributed by atoms with Crippen molar-refractivity contribution < 1.29 is 0 Å². The molecule has 0 N–H and O–H groups in total. The van der Waals surface area contributed by atoms with Crippen molar-refractivity contribution in [1.29, 1.82) is 0 Å². The van der Waals surface area contributed by atoms with E-state index in [4.69, 9.17) is 0 Å². The minimum Gasteiger partial charge on any atom is -0.303 e. The van der Waals surface area contributed by atoms with E-state index in [1.165, 1.54) is 32.5 Å². The van der Waals surface area contributed by atoms with Crippen molar-refractivity contribution in [3.8, 4) is 0 Å². The van der Waals surface area contributed by atoms with Crippen LogP contribution in [0.15, 0.2) is 0 Å². The molecule has 1 heteroatoms. The van der Waals surface area contributed by atoms with Gasteiger partial charge >= 0.3 is 0 Å². The van der Waals surface area contributed by atoms with Crippen LogP contribution >= 0.6 is 0 Å². The van der Waals surface area contributed by atoms with E-state index in [2.05, 4.69) is 25.7 Å². The fraction of sp³-hybridized carbons (Fsp3) is 1.00. The SMILES string of the molecule is CC(C)(C)C1CN2CCCC1C2. The lowest BCUT2D eigenvalue weighted by molar-refractivity contribution is 0.198. The molecular weight excluding hydrogens is 146 g/mol. The average Bonchev–Trinajstić information content (AvgIpc) is 2.25. The van der Waals surface area contributed by atoms with Crippen LogP contribution in [0.3, 0.4) is 0 Å². The van der Waals surface area contributed by atoms with Gasteiger partial charge in [-0.3, -0.25) is 0 Å². The summed E-state index contributed by atoms with van der Waals surface area (Å²) in [5.41, 5.74) is 0.532. The van der Waals surface area contributed by atoms with Gasteiger partial charge in [0.15, 0.2) is 0 Å². The molecule has 0 aromatic carbocycles. The molecule has 2 aliphatic rings. The van der Waals surface area contributed by atoms with Crippen LogP contribution in [0.2, 0.25) is 0 Å². The summed E-state index contributed by atoms with van der Waals surface area (Å²) in [5, 5.41) is 0. The number of hydrogen-bond donors (Lipinski definition) is 0. The maximum absolute atomic E-state index is 2.66. The van der Waals surface area contributed by atoms with Gasteiger partial charge in [0.25, 0.3) is 0 Å². The second kappa shape index (κ2) is 2.73.